The van der Waals surface area contributed by atoms with Crippen molar-refractivity contribution in [2.75, 3.05) is 18.1 Å². The van der Waals surface area contributed by atoms with Gasteiger partial charge in [-0.2, -0.15) is 0 Å². The van der Waals surface area contributed by atoms with E-state index in [4.69, 9.17) is 4.74 Å². The first-order chi connectivity index (χ1) is 10.0. The maximum atomic E-state index is 12.1. The molecule has 5 nitrogen and oxygen atoms in total. The molecule has 1 aromatic rings. The van der Waals surface area contributed by atoms with E-state index >= 15 is 0 Å². The molecule has 6 heteroatoms. The number of sulfone groups is 1. The van der Waals surface area contributed by atoms with Crippen molar-refractivity contribution in [3.05, 3.63) is 29.8 Å². The second-order valence-electron chi connectivity index (χ2n) is 5.74. The number of fused-ring (bicyclic) bond motifs is 1. The molecular weight excluding hydrogens is 290 g/mol. The lowest BCUT2D eigenvalue weighted by molar-refractivity contribution is -0.122. The van der Waals surface area contributed by atoms with Crippen molar-refractivity contribution < 1.29 is 17.9 Å². The van der Waals surface area contributed by atoms with E-state index in [9.17, 15) is 13.2 Å². The molecule has 1 saturated heterocycles. The van der Waals surface area contributed by atoms with Crippen LogP contribution in [0.4, 0.5) is 0 Å². The first-order valence-corrected chi connectivity index (χ1v) is 9.07. The standard InChI is InChI=1S/C15H19NO4S/c17-15(16-12-6-8-21(18,19)10-12)9-11-5-7-20-14-4-2-1-3-13(11)14/h1-4,11-12H,5-10H2,(H,16,17). The maximum Gasteiger partial charge on any atom is 0.220 e. The van der Waals surface area contributed by atoms with E-state index in [2.05, 4.69) is 5.32 Å². The Bertz CT molecular complexity index is 641. The highest BCUT2D eigenvalue weighted by Gasteiger charge is 2.30. The van der Waals surface area contributed by atoms with Crippen molar-refractivity contribution in [3.8, 4) is 5.75 Å². The minimum Gasteiger partial charge on any atom is -0.493 e. The van der Waals surface area contributed by atoms with Crippen molar-refractivity contribution in [1.82, 2.24) is 5.32 Å². The summed E-state index contributed by atoms with van der Waals surface area (Å²) in [7, 11) is -2.96. The average molecular weight is 309 g/mol. The van der Waals surface area contributed by atoms with Gasteiger partial charge >= 0.3 is 0 Å². The van der Waals surface area contributed by atoms with Crippen LogP contribution in [-0.2, 0) is 14.6 Å². The minimum absolute atomic E-state index is 0.0706. The van der Waals surface area contributed by atoms with Crippen molar-refractivity contribution >= 4 is 15.7 Å². The summed E-state index contributed by atoms with van der Waals surface area (Å²) < 4.78 is 28.4. The number of para-hydroxylation sites is 1. The van der Waals surface area contributed by atoms with E-state index in [1.54, 1.807) is 0 Å². The quantitative estimate of drug-likeness (QED) is 0.912. The second-order valence-corrected chi connectivity index (χ2v) is 7.97. The molecule has 1 fully saturated rings. The molecule has 0 saturated carbocycles. The zero-order chi connectivity index (χ0) is 14.9. The van der Waals surface area contributed by atoms with E-state index in [1.165, 1.54) is 0 Å². The molecule has 0 aliphatic carbocycles. The Kier molecular flexibility index (Phi) is 3.89. The number of hydrogen-bond acceptors (Lipinski definition) is 4. The largest absolute Gasteiger partial charge is 0.493 e. The molecule has 1 aromatic carbocycles. The number of carbonyl (C=O) groups is 1. The molecule has 0 radical (unpaired) electrons. The van der Waals surface area contributed by atoms with E-state index in [0.29, 0.717) is 19.4 Å². The Hall–Kier alpha value is -1.56. The highest BCUT2D eigenvalue weighted by molar-refractivity contribution is 7.91. The lowest BCUT2D eigenvalue weighted by atomic mass is 9.90. The van der Waals surface area contributed by atoms with Gasteiger partial charge in [-0.05, 0) is 30.4 Å². The molecule has 2 heterocycles. The summed E-state index contributed by atoms with van der Waals surface area (Å²) in [6.07, 6.45) is 1.72. The van der Waals surface area contributed by atoms with Crippen molar-refractivity contribution in [1.29, 1.82) is 0 Å². The molecule has 114 valence electrons. The Morgan fingerprint density at radius 3 is 2.86 bits per heavy atom. The number of benzene rings is 1. The lowest BCUT2D eigenvalue weighted by Crippen LogP contribution is -2.36. The SMILES string of the molecule is O=C(CC1CCOc2ccccc21)NC1CCS(=O)(=O)C1. The van der Waals surface area contributed by atoms with E-state index in [-0.39, 0.29) is 29.4 Å². The fourth-order valence-corrected chi connectivity index (χ4v) is 4.72. The Morgan fingerprint density at radius 2 is 2.10 bits per heavy atom. The van der Waals surface area contributed by atoms with Gasteiger partial charge < -0.3 is 10.1 Å². The third kappa shape index (κ3) is 3.37. The zero-order valence-corrected chi connectivity index (χ0v) is 12.6. The predicted molar refractivity (Wildman–Crippen MR) is 79.1 cm³/mol. The molecule has 21 heavy (non-hydrogen) atoms. The highest BCUT2D eigenvalue weighted by Crippen LogP contribution is 2.35. The van der Waals surface area contributed by atoms with Crippen LogP contribution in [0.2, 0.25) is 0 Å². The fourth-order valence-electron chi connectivity index (χ4n) is 3.05. The second kappa shape index (κ2) is 5.67. The van der Waals surface area contributed by atoms with Crippen LogP contribution in [0, 0.1) is 0 Å². The predicted octanol–water partition coefficient (Wildman–Crippen LogP) is 1.25. The first-order valence-electron chi connectivity index (χ1n) is 7.25. The summed E-state index contributed by atoms with van der Waals surface area (Å²) in [5.41, 5.74) is 1.07. The summed E-state index contributed by atoms with van der Waals surface area (Å²) in [4.78, 5) is 12.1. The molecule has 2 aliphatic heterocycles. The van der Waals surface area contributed by atoms with Crippen LogP contribution in [0.25, 0.3) is 0 Å². The number of ether oxygens (including phenoxy) is 1. The molecule has 0 spiro atoms. The lowest BCUT2D eigenvalue weighted by Gasteiger charge is -2.25. The van der Waals surface area contributed by atoms with Crippen LogP contribution >= 0.6 is 0 Å². The van der Waals surface area contributed by atoms with Gasteiger partial charge in [0.25, 0.3) is 0 Å². The van der Waals surface area contributed by atoms with Crippen LogP contribution in [0.5, 0.6) is 5.75 Å². The summed E-state index contributed by atoms with van der Waals surface area (Å²) in [5, 5.41) is 2.85. The molecule has 1 amide bonds. The monoisotopic (exact) mass is 309 g/mol. The van der Waals surface area contributed by atoms with Crippen LogP contribution in [0.1, 0.15) is 30.7 Å². The molecule has 2 unspecified atom stereocenters. The van der Waals surface area contributed by atoms with E-state index < -0.39 is 9.84 Å². The average Bonchev–Trinajstić information content (AvgIpc) is 2.78. The smallest absolute Gasteiger partial charge is 0.220 e. The molecule has 0 aromatic heterocycles. The molecule has 2 aliphatic rings. The van der Waals surface area contributed by atoms with E-state index in [1.807, 2.05) is 24.3 Å². The van der Waals surface area contributed by atoms with Gasteiger partial charge in [0.15, 0.2) is 9.84 Å². The highest BCUT2D eigenvalue weighted by atomic mass is 32.2. The first kappa shape index (κ1) is 14.4. The Morgan fingerprint density at radius 1 is 1.29 bits per heavy atom. The molecule has 2 atom stereocenters. The van der Waals surface area contributed by atoms with Crippen LogP contribution in [0.15, 0.2) is 24.3 Å². The molecule has 0 bridgehead atoms. The number of carbonyl (C=O) groups excluding carboxylic acids is 1. The normalized spacial score (nSPS) is 26.7. The van der Waals surface area contributed by atoms with Gasteiger partial charge in [-0.1, -0.05) is 18.2 Å². The van der Waals surface area contributed by atoms with Crippen molar-refractivity contribution in [2.24, 2.45) is 0 Å². The zero-order valence-electron chi connectivity index (χ0n) is 11.7. The summed E-state index contributed by atoms with van der Waals surface area (Å²) in [6, 6.07) is 7.56. The Balaban J connectivity index is 1.61. The minimum atomic E-state index is -2.96. The fraction of sp³-hybridized carbons (Fsp3) is 0.533. The number of hydrogen-bond donors (Lipinski definition) is 1. The van der Waals surface area contributed by atoms with Gasteiger partial charge in [0.1, 0.15) is 5.75 Å². The molecule has 3 rings (SSSR count). The van der Waals surface area contributed by atoms with E-state index in [0.717, 1.165) is 17.7 Å². The maximum absolute atomic E-state index is 12.1. The van der Waals surface area contributed by atoms with Crippen LogP contribution < -0.4 is 10.1 Å². The van der Waals surface area contributed by atoms with Crippen molar-refractivity contribution in [3.63, 3.8) is 0 Å². The van der Waals surface area contributed by atoms with Gasteiger partial charge in [0, 0.05) is 12.5 Å². The van der Waals surface area contributed by atoms with Gasteiger partial charge in [-0.25, -0.2) is 8.42 Å². The van der Waals surface area contributed by atoms with Crippen molar-refractivity contribution in [2.45, 2.75) is 31.2 Å². The third-order valence-corrected chi connectivity index (χ3v) is 5.88. The molecule has 1 N–H and O–H groups in total. The topological polar surface area (TPSA) is 72.5 Å². The van der Waals surface area contributed by atoms with Gasteiger partial charge in [-0.3, -0.25) is 4.79 Å². The van der Waals surface area contributed by atoms with Crippen LogP contribution in [-0.4, -0.2) is 38.5 Å². The number of rotatable bonds is 3. The van der Waals surface area contributed by atoms with Gasteiger partial charge in [-0.15, -0.1) is 0 Å². The summed E-state index contributed by atoms with van der Waals surface area (Å²) in [5.74, 6) is 1.18. The van der Waals surface area contributed by atoms with Crippen LogP contribution in [0.3, 0.4) is 0 Å². The Labute approximate surface area is 124 Å². The summed E-state index contributed by atoms with van der Waals surface area (Å²) in [6.45, 7) is 0.618. The van der Waals surface area contributed by atoms with Gasteiger partial charge in [0.05, 0.1) is 18.1 Å². The number of amides is 1. The molecular formula is C15H19NO4S. The number of nitrogens with one attached hydrogen (secondary N) is 1. The third-order valence-electron chi connectivity index (χ3n) is 4.11. The summed E-state index contributed by atoms with van der Waals surface area (Å²) >= 11 is 0. The van der Waals surface area contributed by atoms with Gasteiger partial charge in [0.2, 0.25) is 5.91 Å².